The Balaban J connectivity index is 0.000000461. The van der Waals surface area contributed by atoms with Crippen molar-refractivity contribution in [2.24, 2.45) is 0 Å². The fourth-order valence-corrected chi connectivity index (χ4v) is 1.03. The first kappa shape index (κ1) is 10.4. The Labute approximate surface area is 68.1 Å². The highest BCUT2D eigenvalue weighted by atomic mass is 16.5. The second kappa shape index (κ2) is 6.16. The van der Waals surface area contributed by atoms with Crippen molar-refractivity contribution < 1.29 is 9.53 Å². The van der Waals surface area contributed by atoms with Crippen molar-refractivity contribution in [2.45, 2.75) is 32.7 Å². The number of carbonyl (C=O) groups excluding carboxylic acids is 1. The Morgan fingerprint density at radius 1 is 1.55 bits per heavy atom. The van der Waals surface area contributed by atoms with Crippen LogP contribution in [0.5, 0.6) is 0 Å². The first-order valence-electron chi connectivity index (χ1n) is 4.16. The lowest BCUT2D eigenvalue weighted by Crippen LogP contribution is -2.31. The molecule has 1 fully saturated rings. The highest BCUT2D eigenvalue weighted by Crippen LogP contribution is 2.05. The van der Waals surface area contributed by atoms with E-state index in [0.717, 1.165) is 19.4 Å². The first-order chi connectivity index (χ1) is 5.34. The van der Waals surface area contributed by atoms with Gasteiger partial charge in [-0.15, -0.1) is 0 Å². The molecule has 11 heavy (non-hydrogen) atoms. The molecule has 1 N–H and O–H groups in total. The normalized spacial score (nSPS) is 21.9. The Morgan fingerprint density at radius 3 is 2.55 bits per heavy atom. The lowest BCUT2D eigenvalue weighted by molar-refractivity contribution is -0.142. The van der Waals surface area contributed by atoms with Crippen LogP contribution in [-0.4, -0.2) is 25.7 Å². The minimum Gasteiger partial charge on any atom is -0.468 e. The number of methoxy groups -OCH3 is 1. The van der Waals surface area contributed by atoms with Gasteiger partial charge in [0, 0.05) is 0 Å². The zero-order valence-corrected chi connectivity index (χ0v) is 7.52. The van der Waals surface area contributed by atoms with E-state index < -0.39 is 0 Å². The second-order valence-electron chi connectivity index (χ2n) is 2.17. The van der Waals surface area contributed by atoms with Crippen LogP contribution in [0.1, 0.15) is 26.7 Å². The van der Waals surface area contributed by atoms with Crippen molar-refractivity contribution in [3.05, 3.63) is 0 Å². The molecule has 0 bridgehead atoms. The summed E-state index contributed by atoms with van der Waals surface area (Å²) in [5, 5.41) is 3.03. The molecule has 1 rings (SSSR count). The molecular weight excluding hydrogens is 142 g/mol. The summed E-state index contributed by atoms with van der Waals surface area (Å²) in [4.78, 5) is 10.7. The molecular formula is C8H17NO2. The van der Waals surface area contributed by atoms with E-state index in [-0.39, 0.29) is 12.0 Å². The molecule has 0 saturated carbocycles. The van der Waals surface area contributed by atoms with Gasteiger partial charge in [0.25, 0.3) is 0 Å². The first-order valence-corrected chi connectivity index (χ1v) is 4.16. The average molecular weight is 159 g/mol. The Morgan fingerprint density at radius 2 is 2.18 bits per heavy atom. The van der Waals surface area contributed by atoms with Crippen molar-refractivity contribution in [1.29, 1.82) is 0 Å². The van der Waals surface area contributed by atoms with Gasteiger partial charge >= 0.3 is 5.97 Å². The van der Waals surface area contributed by atoms with Crippen molar-refractivity contribution in [1.82, 2.24) is 5.32 Å². The van der Waals surface area contributed by atoms with E-state index in [1.165, 1.54) is 7.11 Å². The molecule has 0 aromatic heterocycles. The van der Waals surface area contributed by atoms with Gasteiger partial charge in [-0.1, -0.05) is 13.8 Å². The van der Waals surface area contributed by atoms with Gasteiger partial charge in [-0.2, -0.15) is 0 Å². The van der Waals surface area contributed by atoms with E-state index in [1.54, 1.807) is 0 Å². The van der Waals surface area contributed by atoms with Crippen LogP contribution in [0.3, 0.4) is 0 Å². The molecule has 1 saturated heterocycles. The summed E-state index contributed by atoms with van der Waals surface area (Å²) in [6.07, 6.45) is 2.01. The molecule has 0 amide bonds. The van der Waals surface area contributed by atoms with Gasteiger partial charge in [0.15, 0.2) is 0 Å². The third-order valence-electron chi connectivity index (χ3n) is 1.55. The lowest BCUT2D eigenvalue weighted by Gasteiger charge is -2.04. The predicted molar refractivity (Wildman–Crippen MR) is 44.4 cm³/mol. The average Bonchev–Trinajstić information content (AvgIpc) is 2.59. The maximum absolute atomic E-state index is 10.7. The minimum absolute atomic E-state index is 0.0324. The van der Waals surface area contributed by atoms with E-state index >= 15 is 0 Å². The van der Waals surface area contributed by atoms with Crippen LogP contribution in [0, 0.1) is 0 Å². The van der Waals surface area contributed by atoms with Crippen LogP contribution in [0.2, 0.25) is 0 Å². The smallest absolute Gasteiger partial charge is 0.322 e. The van der Waals surface area contributed by atoms with Gasteiger partial charge in [0.05, 0.1) is 7.11 Å². The number of hydrogen-bond donors (Lipinski definition) is 1. The minimum atomic E-state index is -0.132. The van der Waals surface area contributed by atoms with Crippen LogP contribution in [0.15, 0.2) is 0 Å². The van der Waals surface area contributed by atoms with Crippen LogP contribution in [-0.2, 0) is 9.53 Å². The monoisotopic (exact) mass is 159 g/mol. The maximum Gasteiger partial charge on any atom is 0.322 e. The summed E-state index contributed by atoms with van der Waals surface area (Å²) in [6.45, 7) is 4.94. The molecule has 1 aliphatic heterocycles. The SMILES string of the molecule is CC.COC(=O)[C@@H]1CCCN1. The largest absolute Gasteiger partial charge is 0.468 e. The van der Waals surface area contributed by atoms with Crippen LogP contribution in [0.25, 0.3) is 0 Å². The van der Waals surface area contributed by atoms with Crippen molar-refractivity contribution in [2.75, 3.05) is 13.7 Å². The molecule has 1 heterocycles. The fourth-order valence-electron chi connectivity index (χ4n) is 1.03. The van der Waals surface area contributed by atoms with Crippen LogP contribution >= 0.6 is 0 Å². The Bertz CT molecular complexity index is 109. The van der Waals surface area contributed by atoms with E-state index in [0.29, 0.717) is 0 Å². The third-order valence-corrected chi connectivity index (χ3v) is 1.55. The molecule has 0 spiro atoms. The number of carbonyl (C=O) groups is 1. The zero-order chi connectivity index (χ0) is 8.69. The van der Waals surface area contributed by atoms with E-state index in [4.69, 9.17) is 0 Å². The molecule has 3 nitrogen and oxygen atoms in total. The quantitative estimate of drug-likeness (QED) is 0.579. The fraction of sp³-hybridized carbons (Fsp3) is 0.875. The zero-order valence-electron chi connectivity index (χ0n) is 7.52. The Kier molecular flexibility index (Phi) is 5.84. The molecule has 0 aromatic rings. The van der Waals surface area contributed by atoms with Crippen molar-refractivity contribution in [3.63, 3.8) is 0 Å². The molecule has 0 aliphatic carbocycles. The molecule has 0 radical (unpaired) electrons. The molecule has 0 aromatic carbocycles. The summed E-state index contributed by atoms with van der Waals surface area (Å²) in [5.41, 5.74) is 0. The van der Waals surface area contributed by atoms with Gasteiger partial charge in [-0.05, 0) is 19.4 Å². The number of rotatable bonds is 1. The number of nitrogens with one attached hydrogen (secondary N) is 1. The van der Waals surface area contributed by atoms with Crippen molar-refractivity contribution >= 4 is 5.97 Å². The van der Waals surface area contributed by atoms with Crippen LogP contribution < -0.4 is 5.32 Å². The lowest BCUT2D eigenvalue weighted by atomic mass is 10.2. The van der Waals surface area contributed by atoms with Gasteiger partial charge in [-0.3, -0.25) is 4.79 Å². The summed E-state index contributed by atoms with van der Waals surface area (Å²) in [5.74, 6) is -0.132. The highest BCUT2D eigenvalue weighted by Gasteiger charge is 2.21. The topological polar surface area (TPSA) is 38.3 Å². The molecule has 3 heteroatoms. The molecule has 1 atom stereocenters. The van der Waals surface area contributed by atoms with Crippen LogP contribution in [0.4, 0.5) is 0 Å². The van der Waals surface area contributed by atoms with Crippen molar-refractivity contribution in [3.8, 4) is 0 Å². The molecule has 0 unspecified atom stereocenters. The number of hydrogen-bond acceptors (Lipinski definition) is 3. The maximum atomic E-state index is 10.7. The number of ether oxygens (including phenoxy) is 1. The van der Waals surface area contributed by atoms with Gasteiger partial charge in [-0.25, -0.2) is 0 Å². The van der Waals surface area contributed by atoms with E-state index in [9.17, 15) is 4.79 Å². The van der Waals surface area contributed by atoms with Gasteiger partial charge < -0.3 is 10.1 Å². The van der Waals surface area contributed by atoms with E-state index in [2.05, 4.69) is 10.1 Å². The number of esters is 1. The standard InChI is InChI=1S/C6H11NO2.C2H6/c1-9-6(8)5-3-2-4-7-5;1-2/h5,7H,2-4H2,1H3;1-2H3/t5-;/m0./s1. The molecule has 66 valence electrons. The predicted octanol–water partition coefficient (Wildman–Crippen LogP) is 0.938. The third kappa shape index (κ3) is 3.37. The summed E-state index contributed by atoms with van der Waals surface area (Å²) < 4.78 is 4.53. The summed E-state index contributed by atoms with van der Waals surface area (Å²) in [7, 11) is 1.42. The van der Waals surface area contributed by atoms with E-state index in [1.807, 2.05) is 13.8 Å². The summed E-state index contributed by atoms with van der Waals surface area (Å²) >= 11 is 0. The second-order valence-corrected chi connectivity index (χ2v) is 2.17. The van der Waals surface area contributed by atoms with Gasteiger partial charge in [0.2, 0.25) is 0 Å². The van der Waals surface area contributed by atoms with Gasteiger partial charge in [0.1, 0.15) is 6.04 Å². The molecule has 1 aliphatic rings. The Hall–Kier alpha value is -0.570. The summed E-state index contributed by atoms with van der Waals surface area (Å²) in [6, 6.07) is -0.0324. The highest BCUT2D eigenvalue weighted by molar-refractivity contribution is 5.75.